The van der Waals surface area contributed by atoms with Gasteiger partial charge in [0.25, 0.3) is 10.0 Å². The van der Waals surface area contributed by atoms with Crippen molar-refractivity contribution >= 4 is 21.6 Å². The smallest absolute Gasteiger partial charge is 0.264 e. The van der Waals surface area contributed by atoms with Gasteiger partial charge < -0.3 is 5.32 Å². The topological polar surface area (TPSA) is 66.5 Å². The van der Waals surface area contributed by atoms with Crippen molar-refractivity contribution in [3.8, 4) is 0 Å². The normalized spacial score (nSPS) is 11.3. The molecule has 1 amide bonds. The molecule has 0 heterocycles. The van der Waals surface area contributed by atoms with Crippen LogP contribution in [0, 0.1) is 0 Å². The Balaban J connectivity index is 1.79. The molecule has 5 nitrogen and oxygen atoms in total. The van der Waals surface area contributed by atoms with E-state index in [1.54, 1.807) is 30.3 Å². The highest BCUT2D eigenvalue weighted by Crippen LogP contribution is 2.25. The lowest BCUT2D eigenvalue weighted by Gasteiger charge is -2.24. The predicted molar refractivity (Wildman–Crippen MR) is 125 cm³/mol. The highest BCUT2D eigenvalue weighted by Gasteiger charge is 2.27. The van der Waals surface area contributed by atoms with Gasteiger partial charge in [-0.15, -0.1) is 0 Å². The molecular formula is C25H28N2O3S. The van der Waals surface area contributed by atoms with E-state index in [1.165, 1.54) is 16.4 Å². The molecule has 0 aliphatic rings. The zero-order valence-corrected chi connectivity index (χ0v) is 18.7. The second-order valence-corrected chi connectivity index (χ2v) is 9.52. The number of anilines is 1. The molecule has 0 aliphatic carbocycles. The molecule has 0 fully saturated rings. The molecule has 0 aliphatic heterocycles. The molecule has 0 atom stereocenters. The van der Waals surface area contributed by atoms with Gasteiger partial charge in [-0.2, -0.15) is 0 Å². The number of nitrogens with zero attached hydrogens (tertiary/aromatic N) is 1. The van der Waals surface area contributed by atoms with E-state index in [1.807, 2.05) is 42.5 Å². The predicted octanol–water partition coefficient (Wildman–Crippen LogP) is 4.36. The van der Waals surface area contributed by atoms with Crippen LogP contribution in [-0.4, -0.2) is 27.4 Å². The Bertz CT molecular complexity index is 1080. The average molecular weight is 437 g/mol. The molecule has 31 heavy (non-hydrogen) atoms. The molecule has 0 unspecified atom stereocenters. The maximum Gasteiger partial charge on any atom is 0.264 e. The lowest BCUT2D eigenvalue weighted by Crippen LogP contribution is -2.41. The fourth-order valence-electron chi connectivity index (χ4n) is 3.24. The van der Waals surface area contributed by atoms with Crippen molar-refractivity contribution in [1.82, 2.24) is 5.32 Å². The molecule has 0 bridgehead atoms. The minimum Gasteiger partial charge on any atom is -0.354 e. The van der Waals surface area contributed by atoms with Crippen molar-refractivity contribution in [3.05, 3.63) is 96.1 Å². The molecule has 0 saturated carbocycles. The van der Waals surface area contributed by atoms with E-state index in [2.05, 4.69) is 19.2 Å². The minimum atomic E-state index is -3.89. The van der Waals surface area contributed by atoms with Crippen molar-refractivity contribution in [2.24, 2.45) is 0 Å². The van der Waals surface area contributed by atoms with Crippen LogP contribution in [0.1, 0.15) is 30.9 Å². The maximum atomic E-state index is 13.3. The fourth-order valence-corrected chi connectivity index (χ4v) is 4.68. The molecule has 3 aromatic carbocycles. The maximum absolute atomic E-state index is 13.3. The third-order valence-corrected chi connectivity index (χ3v) is 6.83. The number of rotatable bonds is 9. The quantitative estimate of drug-likeness (QED) is 0.542. The molecule has 3 rings (SSSR count). The van der Waals surface area contributed by atoms with Gasteiger partial charge in [0, 0.05) is 6.54 Å². The first-order valence-electron chi connectivity index (χ1n) is 10.4. The number of carbonyl (C=O) groups is 1. The minimum absolute atomic E-state index is 0.153. The van der Waals surface area contributed by atoms with E-state index >= 15 is 0 Å². The molecule has 162 valence electrons. The number of benzene rings is 3. The average Bonchev–Trinajstić information content (AvgIpc) is 2.79. The molecule has 3 aromatic rings. The third-order valence-electron chi connectivity index (χ3n) is 5.04. The van der Waals surface area contributed by atoms with E-state index in [0.29, 0.717) is 24.6 Å². The largest absolute Gasteiger partial charge is 0.354 e. The van der Waals surface area contributed by atoms with Crippen molar-refractivity contribution < 1.29 is 13.2 Å². The summed E-state index contributed by atoms with van der Waals surface area (Å²) in [6, 6.07) is 25.3. The summed E-state index contributed by atoms with van der Waals surface area (Å²) in [7, 11) is -3.89. The van der Waals surface area contributed by atoms with Crippen LogP contribution in [0.15, 0.2) is 89.8 Å². The number of hydrogen-bond donors (Lipinski definition) is 1. The van der Waals surface area contributed by atoms with Gasteiger partial charge in [-0.25, -0.2) is 8.42 Å². The molecule has 6 heteroatoms. The van der Waals surface area contributed by atoms with Gasteiger partial charge in [0.15, 0.2) is 0 Å². The second-order valence-electron chi connectivity index (χ2n) is 7.66. The van der Waals surface area contributed by atoms with Crippen molar-refractivity contribution in [3.63, 3.8) is 0 Å². The zero-order valence-electron chi connectivity index (χ0n) is 17.9. The van der Waals surface area contributed by atoms with Gasteiger partial charge in [0.05, 0.1) is 10.6 Å². The Morgan fingerprint density at radius 1 is 0.871 bits per heavy atom. The highest BCUT2D eigenvalue weighted by atomic mass is 32.2. The van der Waals surface area contributed by atoms with Crippen LogP contribution >= 0.6 is 0 Å². The number of hydrogen-bond acceptors (Lipinski definition) is 3. The zero-order chi connectivity index (χ0) is 22.3. The summed E-state index contributed by atoms with van der Waals surface area (Å²) in [4.78, 5) is 12.8. The lowest BCUT2D eigenvalue weighted by atomic mass is 10.0. The Labute approximate surface area is 184 Å². The fraction of sp³-hybridized carbons (Fsp3) is 0.240. The van der Waals surface area contributed by atoms with Gasteiger partial charge in [0.1, 0.15) is 6.54 Å². The van der Waals surface area contributed by atoms with E-state index in [9.17, 15) is 13.2 Å². The van der Waals surface area contributed by atoms with Crippen LogP contribution in [-0.2, 0) is 21.2 Å². The monoisotopic (exact) mass is 436 g/mol. The molecule has 0 spiro atoms. The summed E-state index contributed by atoms with van der Waals surface area (Å²) >= 11 is 0. The van der Waals surface area contributed by atoms with Crippen molar-refractivity contribution in [2.75, 3.05) is 17.4 Å². The summed E-state index contributed by atoms with van der Waals surface area (Å²) < 4.78 is 27.8. The van der Waals surface area contributed by atoms with Crippen molar-refractivity contribution in [1.29, 1.82) is 0 Å². The molecule has 0 saturated heterocycles. The summed E-state index contributed by atoms with van der Waals surface area (Å²) in [6.07, 6.45) is 0.682. The second kappa shape index (κ2) is 10.3. The van der Waals surface area contributed by atoms with Gasteiger partial charge >= 0.3 is 0 Å². The lowest BCUT2D eigenvalue weighted by molar-refractivity contribution is -0.119. The van der Waals surface area contributed by atoms with Gasteiger partial charge in [-0.05, 0) is 47.7 Å². The van der Waals surface area contributed by atoms with Crippen LogP contribution in [0.4, 0.5) is 5.69 Å². The van der Waals surface area contributed by atoms with E-state index in [4.69, 9.17) is 0 Å². The van der Waals surface area contributed by atoms with Crippen LogP contribution in [0.3, 0.4) is 0 Å². The van der Waals surface area contributed by atoms with Crippen LogP contribution < -0.4 is 9.62 Å². The van der Waals surface area contributed by atoms with Crippen LogP contribution in [0.5, 0.6) is 0 Å². The third kappa shape index (κ3) is 5.95. The Hall–Kier alpha value is -3.12. The summed E-state index contributed by atoms with van der Waals surface area (Å²) in [5, 5.41) is 2.84. The number of nitrogens with one attached hydrogen (secondary N) is 1. The first kappa shape index (κ1) is 22.6. The molecule has 0 radical (unpaired) electrons. The van der Waals surface area contributed by atoms with Crippen LogP contribution in [0.25, 0.3) is 0 Å². The first-order valence-corrected chi connectivity index (χ1v) is 11.8. The Kier molecular flexibility index (Phi) is 7.47. The standard InChI is InChI=1S/C25H28N2O3S/c1-20(2)22-13-15-23(16-14-22)27(31(29,30)24-11-7-4-8-12-24)19-25(28)26-18-17-21-9-5-3-6-10-21/h3-16,20H,17-19H2,1-2H3,(H,26,28). The van der Waals surface area contributed by atoms with Crippen LogP contribution in [0.2, 0.25) is 0 Å². The molecule has 0 aromatic heterocycles. The molecule has 1 N–H and O–H groups in total. The van der Waals surface area contributed by atoms with Gasteiger partial charge in [0.2, 0.25) is 5.91 Å². The number of amides is 1. The van der Waals surface area contributed by atoms with Crippen molar-refractivity contribution in [2.45, 2.75) is 31.1 Å². The number of sulfonamides is 1. The van der Waals surface area contributed by atoms with E-state index in [-0.39, 0.29) is 17.3 Å². The number of carbonyl (C=O) groups excluding carboxylic acids is 1. The SMILES string of the molecule is CC(C)c1ccc(N(CC(=O)NCCc2ccccc2)S(=O)(=O)c2ccccc2)cc1. The van der Waals surface area contributed by atoms with Gasteiger partial charge in [-0.3, -0.25) is 9.10 Å². The summed E-state index contributed by atoms with van der Waals surface area (Å²) in [5.41, 5.74) is 2.68. The first-order chi connectivity index (χ1) is 14.9. The summed E-state index contributed by atoms with van der Waals surface area (Å²) in [6.45, 7) is 4.31. The van der Waals surface area contributed by atoms with E-state index in [0.717, 1.165) is 11.1 Å². The van der Waals surface area contributed by atoms with Gasteiger partial charge in [-0.1, -0.05) is 74.5 Å². The Morgan fingerprint density at radius 3 is 2.03 bits per heavy atom. The Morgan fingerprint density at radius 2 is 1.45 bits per heavy atom. The highest BCUT2D eigenvalue weighted by molar-refractivity contribution is 7.92. The van der Waals surface area contributed by atoms with E-state index < -0.39 is 10.0 Å². The molecular weight excluding hydrogens is 408 g/mol. The summed E-state index contributed by atoms with van der Waals surface area (Å²) in [5.74, 6) is -0.0158.